The first-order valence-corrected chi connectivity index (χ1v) is 10.7. The molecular formula is C22H40N2O2. The molecule has 1 rings (SSSR count). The molecule has 0 aromatic carbocycles. The lowest BCUT2D eigenvalue weighted by molar-refractivity contribution is -0.125. The summed E-state index contributed by atoms with van der Waals surface area (Å²) in [6.45, 7) is 2.24. The summed E-state index contributed by atoms with van der Waals surface area (Å²) < 4.78 is 0. The first-order chi connectivity index (χ1) is 12.5. The zero-order valence-electron chi connectivity index (χ0n) is 17.3. The average Bonchev–Trinajstić information content (AvgIpc) is 2.93. The summed E-state index contributed by atoms with van der Waals surface area (Å²) in [6, 6.07) is 0. The monoisotopic (exact) mass is 364 g/mol. The second-order valence-corrected chi connectivity index (χ2v) is 7.94. The van der Waals surface area contributed by atoms with Crippen LogP contribution in [-0.4, -0.2) is 30.8 Å². The van der Waals surface area contributed by atoms with E-state index in [0.29, 0.717) is 18.1 Å². The Labute approximate surface area is 160 Å². The van der Waals surface area contributed by atoms with Crippen LogP contribution in [0.5, 0.6) is 0 Å². The van der Waals surface area contributed by atoms with Crippen LogP contribution in [0.3, 0.4) is 0 Å². The molecule has 1 fully saturated rings. The van der Waals surface area contributed by atoms with Crippen molar-refractivity contribution < 1.29 is 9.59 Å². The molecule has 4 nitrogen and oxygen atoms in total. The molecule has 1 amide bonds. The highest BCUT2D eigenvalue weighted by atomic mass is 16.2. The van der Waals surface area contributed by atoms with Crippen LogP contribution in [0.25, 0.3) is 0 Å². The molecular weight excluding hydrogens is 324 g/mol. The average molecular weight is 365 g/mol. The quantitative estimate of drug-likeness (QED) is 0.267. The van der Waals surface area contributed by atoms with Gasteiger partial charge < -0.3 is 0 Å². The van der Waals surface area contributed by atoms with E-state index in [1.165, 1.54) is 25.7 Å². The van der Waals surface area contributed by atoms with Gasteiger partial charge in [-0.1, -0.05) is 57.6 Å². The van der Waals surface area contributed by atoms with Crippen LogP contribution >= 0.6 is 0 Å². The lowest BCUT2D eigenvalue weighted by Gasteiger charge is -2.15. The first kappa shape index (κ1) is 22.9. The largest absolute Gasteiger partial charge is 0.299 e. The van der Waals surface area contributed by atoms with Crippen molar-refractivity contribution in [3.63, 3.8) is 0 Å². The number of hydrogen-bond acceptors (Lipinski definition) is 3. The molecule has 0 spiro atoms. The summed E-state index contributed by atoms with van der Waals surface area (Å²) in [4.78, 5) is 23.7. The van der Waals surface area contributed by atoms with Crippen molar-refractivity contribution in [2.75, 3.05) is 14.1 Å². The van der Waals surface area contributed by atoms with Gasteiger partial charge in [0, 0.05) is 32.9 Å². The minimum absolute atomic E-state index is 0.0881. The van der Waals surface area contributed by atoms with Crippen LogP contribution in [0.4, 0.5) is 0 Å². The van der Waals surface area contributed by atoms with Crippen LogP contribution in [0, 0.1) is 11.8 Å². The zero-order valence-corrected chi connectivity index (χ0v) is 17.3. The lowest BCUT2D eigenvalue weighted by Crippen LogP contribution is -2.35. The molecule has 1 N–H and O–H groups in total. The van der Waals surface area contributed by atoms with Crippen molar-refractivity contribution in [1.82, 2.24) is 10.4 Å². The summed E-state index contributed by atoms with van der Waals surface area (Å²) in [5.41, 5.74) is 2.77. The number of carbonyl (C=O) groups excluding carboxylic acids is 2. The highest BCUT2D eigenvalue weighted by Crippen LogP contribution is 2.34. The van der Waals surface area contributed by atoms with Crippen LogP contribution in [0.15, 0.2) is 12.2 Å². The van der Waals surface area contributed by atoms with Crippen molar-refractivity contribution in [1.29, 1.82) is 0 Å². The summed E-state index contributed by atoms with van der Waals surface area (Å²) in [6.07, 6.45) is 18.6. The smallest absolute Gasteiger partial charge is 0.234 e. The maximum Gasteiger partial charge on any atom is 0.234 e. The Kier molecular flexibility index (Phi) is 12.3. The summed E-state index contributed by atoms with van der Waals surface area (Å²) in [5.74, 6) is 1.28. The number of ketones is 1. The van der Waals surface area contributed by atoms with E-state index in [-0.39, 0.29) is 11.8 Å². The van der Waals surface area contributed by atoms with Crippen molar-refractivity contribution >= 4 is 11.7 Å². The van der Waals surface area contributed by atoms with E-state index in [1.54, 1.807) is 5.01 Å². The number of amides is 1. The topological polar surface area (TPSA) is 49.4 Å². The predicted octanol–water partition coefficient (Wildman–Crippen LogP) is 5.04. The maximum atomic E-state index is 12.2. The van der Waals surface area contributed by atoms with Gasteiger partial charge in [0.1, 0.15) is 5.78 Å². The Morgan fingerprint density at radius 1 is 1.12 bits per heavy atom. The number of Topliss-reactive ketones (excluding diaryl/α,β-unsaturated/α-hetero) is 1. The van der Waals surface area contributed by atoms with Gasteiger partial charge in [0.25, 0.3) is 0 Å². The van der Waals surface area contributed by atoms with Gasteiger partial charge in [-0.2, -0.15) is 0 Å². The number of rotatable bonds is 14. The van der Waals surface area contributed by atoms with E-state index >= 15 is 0 Å². The van der Waals surface area contributed by atoms with Gasteiger partial charge in [0.2, 0.25) is 5.91 Å². The third kappa shape index (κ3) is 10.1. The highest BCUT2D eigenvalue weighted by Gasteiger charge is 2.32. The number of carbonyl (C=O) groups is 2. The normalized spacial score (nSPS) is 20.4. The summed E-state index contributed by atoms with van der Waals surface area (Å²) in [7, 11) is 3.65. The fourth-order valence-corrected chi connectivity index (χ4v) is 3.81. The molecule has 0 heterocycles. The standard InChI is InChI=1S/C22H40N2O2/c1-4-5-6-7-8-11-14-19-17-18-21(25)20(19)15-12-9-10-13-16-22(26)23-24(2)3/h11,14,19-20H,4-10,12-13,15-18H2,1-3H3,(H,23,26)/t19-,20+/m0/s1. The third-order valence-corrected chi connectivity index (χ3v) is 5.28. The molecule has 1 aliphatic carbocycles. The van der Waals surface area contributed by atoms with Gasteiger partial charge >= 0.3 is 0 Å². The van der Waals surface area contributed by atoms with Gasteiger partial charge in [0.05, 0.1) is 0 Å². The van der Waals surface area contributed by atoms with Crippen molar-refractivity contribution in [2.45, 2.75) is 90.4 Å². The van der Waals surface area contributed by atoms with Crippen LogP contribution < -0.4 is 5.43 Å². The number of hydrogen-bond donors (Lipinski definition) is 1. The number of nitrogens with one attached hydrogen (secondary N) is 1. The van der Waals surface area contributed by atoms with Crippen molar-refractivity contribution in [3.05, 3.63) is 12.2 Å². The van der Waals surface area contributed by atoms with Crippen molar-refractivity contribution in [3.8, 4) is 0 Å². The Hall–Kier alpha value is -1.16. The van der Waals surface area contributed by atoms with Gasteiger partial charge in [-0.3, -0.25) is 15.0 Å². The Morgan fingerprint density at radius 2 is 1.85 bits per heavy atom. The van der Waals surface area contributed by atoms with E-state index in [1.807, 2.05) is 14.1 Å². The van der Waals surface area contributed by atoms with E-state index in [9.17, 15) is 9.59 Å². The van der Waals surface area contributed by atoms with E-state index in [4.69, 9.17) is 0 Å². The Morgan fingerprint density at radius 3 is 2.58 bits per heavy atom. The number of allylic oxidation sites excluding steroid dienone is 2. The minimum Gasteiger partial charge on any atom is -0.299 e. The molecule has 0 aliphatic heterocycles. The summed E-state index contributed by atoms with van der Waals surface area (Å²) in [5, 5.41) is 1.69. The fraction of sp³-hybridized carbons (Fsp3) is 0.818. The van der Waals surface area contributed by atoms with E-state index < -0.39 is 0 Å². The van der Waals surface area contributed by atoms with Crippen LogP contribution in [-0.2, 0) is 9.59 Å². The van der Waals surface area contributed by atoms with Gasteiger partial charge in [-0.05, 0) is 38.0 Å². The summed E-state index contributed by atoms with van der Waals surface area (Å²) >= 11 is 0. The molecule has 0 aromatic rings. The van der Waals surface area contributed by atoms with Gasteiger partial charge in [-0.15, -0.1) is 0 Å². The second kappa shape index (κ2) is 14.0. The number of unbranched alkanes of at least 4 members (excludes halogenated alkanes) is 7. The first-order valence-electron chi connectivity index (χ1n) is 10.7. The van der Waals surface area contributed by atoms with E-state index in [2.05, 4.69) is 24.5 Å². The number of hydrazine groups is 1. The molecule has 1 saturated carbocycles. The van der Waals surface area contributed by atoms with Crippen molar-refractivity contribution in [2.24, 2.45) is 11.8 Å². The lowest BCUT2D eigenvalue weighted by atomic mass is 9.89. The molecule has 26 heavy (non-hydrogen) atoms. The molecule has 0 saturated heterocycles. The van der Waals surface area contributed by atoms with Crippen LogP contribution in [0.1, 0.15) is 90.4 Å². The molecule has 1 aliphatic rings. The molecule has 0 bridgehead atoms. The zero-order chi connectivity index (χ0) is 19.2. The third-order valence-electron chi connectivity index (χ3n) is 5.28. The predicted molar refractivity (Wildman–Crippen MR) is 109 cm³/mol. The van der Waals surface area contributed by atoms with Crippen LogP contribution in [0.2, 0.25) is 0 Å². The maximum absolute atomic E-state index is 12.2. The van der Waals surface area contributed by atoms with Gasteiger partial charge in [0.15, 0.2) is 0 Å². The second-order valence-electron chi connectivity index (χ2n) is 7.94. The SMILES string of the molecule is CCCCCCC=C[C@H]1CCC(=O)[C@@H]1CCCCCCC(=O)NN(C)C. The van der Waals surface area contributed by atoms with Gasteiger partial charge in [-0.25, -0.2) is 5.01 Å². The molecule has 4 heteroatoms. The molecule has 2 atom stereocenters. The minimum atomic E-state index is 0.0881. The number of nitrogens with zero attached hydrogens (tertiary/aromatic N) is 1. The molecule has 0 radical (unpaired) electrons. The molecule has 0 aromatic heterocycles. The molecule has 0 unspecified atom stereocenters. The Balaban J connectivity index is 2.16. The molecule has 150 valence electrons. The van der Waals surface area contributed by atoms with E-state index in [0.717, 1.165) is 51.4 Å². The fourth-order valence-electron chi connectivity index (χ4n) is 3.81. The Bertz CT molecular complexity index is 432. The highest BCUT2D eigenvalue weighted by molar-refractivity contribution is 5.83.